The molecule has 0 unspecified atom stereocenters. The maximum Gasteiger partial charge on any atom is 0.416 e. The summed E-state index contributed by atoms with van der Waals surface area (Å²) in [6.45, 7) is 1.89. The molecule has 1 aromatic heterocycles. The molecular formula is C33H32ClF5N4O4. The molecule has 1 amide bonds. The van der Waals surface area contributed by atoms with E-state index in [4.69, 9.17) is 16.3 Å². The number of aromatic nitrogens is 2. The lowest BCUT2D eigenvalue weighted by molar-refractivity contribution is -0.143. The molecular weight excluding hydrogens is 647 g/mol. The molecule has 47 heavy (non-hydrogen) atoms. The number of ether oxygens (including phenoxy) is 1. The fraction of sp³-hybridized carbons (Fsp3) is 0.455. The third-order valence-electron chi connectivity index (χ3n) is 9.28. The van der Waals surface area contributed by atoms with Gasteiger partial charge in [0.1, 0.15) is 6.10 Å². The first-order valence-corrected chi connectivity index (χ1v) is 15.6. The number of cyclic esters (lactones) is 1. The van der Waals surface area contributed by atoms with E-state index in [1.165, 1.54) is 22.9 Å². The lowest BCUT2D eigenvalue weighted by Crippen LogP contribution is -2.57. The highest BCUT2D eigenvalue weighted by atomic mass is 35.5. The molecule has 6 rings (SSSR count). The average molecular weight is 679 g/mol. The first kappa shape index (κ1) is 32.9. The molecule has 2 saturated heterocycles. The highest BCUT2D eigenvalue weighted by Gasteiger charge is 2.46. The van der Waals surface area contributed by atoms with Crippen molar-refractivity contribution in [1.82, 2.24) is 14.9 Å². The Labute approximate surface area is 272 Å². The molecule has 1 N–H and O–H groups in total. The summed E-state index contributed by atoms with van der Waals surface area (Å²) in [6.07, 6.45) is -2.44. The molecule has 2 atom stereocenters. The minimum absolute atomic E-state index is 0.0409. The van der Waals surface area contributed by atoms with Gasteiger partial charge >= 0.3 is 18.2 Å². The third-order valence-corrected chi connectivity index (χ3v) is 9.61. The number of aryl methyl sites for hydroxylation is 1. The molecule has 2 aliphatic heterocycles. The van der Waals surface area contributed by atoms with Crippen LogP contribution < -0.4 is 4.90 Å². The van der Waals surface area contributed by atoms with Crippen LogP contribution in [0.3, 0.4) is 0 Å². The van der Waals surface area contributed by atoms with Crippen molar-refractivity contribution in [1.29, 1.82) is 0 Å². The van der Waals surface area contributed by atoms with Crippen LogP contribution in [-0.4, -0.2) is 57.1 Å². The van der Waals surface area contributed by atoms with Crippen molar-refractivity contribution >= 4 is 29.6 Å². The fourth-order valence-electron chi connectivity index (χ4n) is 6.70. The SMILES string of the molecule is Cc1cc([C@H]2OC(=O)N(Cc3nc(N4CC(F)(F)C4)ncc3-c3cc(C4CCC(C(=O)O)CC4)ccc3Cl)[C@H]2C)cc(C(F)(F)F)c1. The highest BCUT2D eigenvalue weighted by Crippen LogP contribution is 2.42. The zero-order valence-corrected chi connectivity index (χ0v) is 26.3. The van der Waals surface area contributed by atoms with Gasteiger partial charge in [0.05, 0.1) is 42.9 Å². The Morgan fingerprint density at radius 2 is 1.77 bits per heavy atom. The van der Waals surface area contributed by atoms with Crippen molar-refractivity contribution in [2.24, 2.45) is 5.92 Å². The first-order valence-electron chi connectivity index (χ1n) is 15.3. The van der Waals surface area contributed by atoms with Gasteiger partial charge in [0.2, 0.25) is 5.95 Å². The molecule has 0 bridgehead atoms. The fourth-order valence-corrected chi connectivity index (χ4v) is 6.92. The maximum atomic E-state index is 13.7. The van der Waals surface area contributed by atoms with Crippen LogP contribution in [0.2, 0.25) is 5.02 Å². The lowest BCUT2D eigenvalue weighted by Gasteiger charge is -2.38. The van der Waals surface area contributed by atoms with Crippen molar-refractivity contribution < 1.29 is 41.4 Å². The average Bonchev–Trinajstić information content (AvgIpc) is 3.28. The van der Waals surface area contributed by atoms with Gasteiger partial charge in [-0.05, 0) is 80.8 Å². The minimum atomic E-state index is -4.59. The molecule has 8 nitrogen and oxygen atoms in total. The Bertz CT molecular complexity index is 1700. The van der Waals surface area contributed by atoms with E-state index in [-0.39, 0.29) is 29.9 Å². The van der Waals surface area contributed by atoms with Gasteiger partial charge in [-0.25, -0.2) is 23.5 Å². The summed E-state index contributed by atoms with van der Waals surface area (Å²) in [5.41, 5.74) is 1.94. The van der Waals surface area contributed by atoms with E-state index in [1.807, 2.05) is 12.1 Å². The Balaban J connectivity index is 1.33. The van der Waals surface area contributed by atoms with Gasteiger partial charge in [-0.2, -0.15) is 13.2 Å². The number of carboxylic acids is 1. The second kappa shape index (κ2) is 12.2. The number of hydrogen-bond acceptors (Lipinski definition) is 6. The van der Waals surface area contributed by atoms with Crippen LogP contribution in [0.15, 0.2) is 42.6 Å². The molecule has 2 aromatic carbocycles. The van der Waals surface area contributed by atoms with Crippen LogP contribution in [0, 0.1) is 12.8 Å². The predicted octanol–water partition coefficient (Wildman–Crippen LogP) is 8.02. The van der Waals surface area contributed by atoms with E-state index in [0.717, 1.165) is 17.7 Å². The maximum absolute atomic E-state index is 13.7. The molecule has 0 radical (unpaired) electrons. The van der Waals surface area contributed by atoms with Crippen LogP contribution in [-0.2, 0) is 22.3 Å². The van der Waals surface area contributed by atoms with Gasteiger partial charge in [0.15, 0.2) is 0 Å². The monoisotopic (exact) mass is 678 g/mol. The van der Waals surface area contributed by atoms with Gasteiger partial charge in [-0.15, -0.1) is 0 Å². The number of aliphatic carboxylic acids is 1. The molecule has 3 fully saturated rings. The number of rotatable bonds is 7. The topological polar surface area (TPSA) is 95.9 Å². The molecule has 1 aliphatic carbocycles. The zero-order valence-electron chi connectivity index (χ0n) is 25.5. The number of carbonyl (C=O) groups excluding carboxylic acids is 1. The summed E-state index contributed by atoms with van der Waals surface area (Å²) in [6, 6.07) is 8.31. The highest BCUT2D eigenvalue weighted by molar-refractivity contribution is 6.33. The summed E-state index contributed by atoms with van der Waals surface area (Å²) in [7, 11) is 0. The van der Waals surface area contributed by atoms with E-state index in [2.05, 4.69) is 9.97 Å². The van der Waals surface area contributed by atoms with Gasteiger partial charge in [0.25, 0.3) is 5.92 Å². The van der Waals surface area contributed by atoms with E-state index in [0.29, 0.717) is 53.1 Å². The largest absolute Gasteiger partial charge is 0.481 e. The summed E-state index contributed by atoms with van der Waals surface area (Å²) in [4.78, 5) is 36.3. The molecule has 250 valence electrons. The van der Waals surface area contributed by atoms with Gasteiger partial charge < -0.3 is 14.7 Å². The number of amides is 1. The van der Waals surface area contributed by atoms with Crippen molar-refractivity contribution in [3.63, 3.8) is 0 Å². The van der Waals surface area contributed by atoms with E-state index in [9.17, 15) is 36.6 Å². The van der Waals surface area contributed by atoms with Gasteiger partial charge in [-0.1, -0.05) is 29.3 Å². The molecule has 0 spiro atoms. The Kier molecular flexibility index (Phi) is 8.56. The zero-order chi connectivity index (χ0) is 33.8. The minimum Gasteiger partial charge on any atom is -0.481 e. The van der Waals surface area contributed by atoms with Crippen molar-refractivity contribution in [3.05, 3.63) is 75.6 Å². The molecule has 3 heterocycles. The Hall–Kier alpha value is -4.00. The lowest BCUT2D eigenvalue weighted by atomic mass is 9.78. The summed E-state index contributed by atoms with van der Waals surface area (Å²) in [5.74, 6) is -3.94. The van der Waals surface area contributed by atoms with Crippen LogP contribution in [0.1, 0.15) is 72.6 Å². The number of nitrogens with zero attached hydrogens (tertiary/aromatic N) is 4. The number of anilines is 1. The molecule has 3 aliphatic rings. The quantitative estimate of drug-likeness (QED) is 0.253. The van der Waals surface area contributed by atoms with E-state index in [1.54, 1.807) is 19.1 Å². The number of halogens is 6. The van der Waals surface area contributed by atoms with Crippen LogP contribution in [0.4, 0.5) is 32.7 Å². The molecule has 1 saturated carbocycles. The summed E-state index contributed by atoms with van der Waals surface area (Å²) < 4.78 is 73.8. The van der Waals surface area contributed by atoms with Gasteiger partial charge in [0, 0.05) is 22.3 Å². The Morgan fingerprint density at radius 1 is 1.06 bits per heavy atom. The summed E-state index contributed by atoms with van der Waals surface area (Å²) >= 11 is 6.69. The summed E-state index contributed by atoms with van der Waals surface area (Å²) in [5, 5.41) is 9.76. The number of carboxylic acid groups (broad SMARTS) is 1. The van der Waals surface area contributed by atoms with Crippen LogP contribution >= 0.6 is 11.6 Å². The normalized spacial score (nSPS) is 24.2. The molecule has 14 heteroatoms. The number of carbonyl (C=O) groups is 2. The first-order chi connectivity index (χ1) is 22.1. The number of alkyl halides is 5. The smallest absolute Gasteiger partial charge is 0.416 e. The third kappa shape index (κ3) is 6.72. The predicted molar refractivity (Wildman–Crippen MR) is 162 cm³/mol. The van der Waals surface area contributed by atoms with E-state index < -0.39 is 55.0 Å². The van der Waals surface area contributed by atoms with Crippen molar-refractivity contribution in [3.8, 4) is 11.1 Å². The van der Waals surface area contributed by atoms with Crippen molar-refractivity contribution in [2.75, 3.05) is 18.0 Å². The van der Waals surface area contributed by atoms with Crippen LogP contribution in [0.5, 0.6) is 0 Å². The number of hydrogen-bond donors (Lipinski definition) is 1. The van der Waals surface area contributed by atoms with Crippen molar-refractivity contribution in [2.45, 2.75) is 76.2 Å². The second-order valence-electron chi connectivity index (χ2n) is 12.7. The standard InChI is InChI=1S/C33H32ClF5N4O4/c1-17-9-22(11-23(10-17)33(37,38)39)28-18(2)43(31(46)47-28)14-27-25(13-40-30(41-27)42-15-32(35,36)16-42)24-12-21(7-8-26(24)34)19-3-5-20(6-4-19)29(44)45/h7-13,18-20,28H,3-6,14-16H2,1-2H3,(H,44,45)/t18-,19?,20?,28-/m0/s1. The van der Waals surface area contributed by atoms with Crippen LogP contribution in [0.25, 0.3) is 11.1 Å². The van der Waals surface area contributed by atoms with Gasteiger partial charge in [-0.3, -0.25) is 9.69 Å². The van der Waals surface area contributed by atoms with E-state index >= 15 is 0 Å². The molecule has 3 aromatic rings. The Morgan fingerprint density at radius 3 is 2.40 bits per heavy atom. The number of benzene rings is 2. The second-order valence-corrected chi connectivity index (χ2v) is 13.1.